The highest BCUT2D eigenvalue weighted by atomic mass is 19.4. The Hall–Kier alpha value is -3.17. The molecule has 5 rings (SSSR count). The van der Waals surface area contributed by atoms with Crippen molar-refractivity contribution in [3.63, 3.8) is 0 Å². The van der Waals surface area contributed by atoms with Gasteiger partial charge in [-0.05, 0) is 42.3 Å². The van der Waals surface area contributed by atoms with Gasteiger partial charge in [0.2, 0.25) is 5.95 Å². The maximum absolute atomic E-state index is 13.8. The van der Waals surface area contributed by atoms with E-state index in [1.54, 1.807) is 0 Å². The SMILES string of the molecule is CN1CCc2cc(Nc3ncc(C(F)(F)F)c(N4OCCC4c4ccccc4)n3)ccc2C1. The number of rotatable bonds is 4. The predicted octanol–water partition coefficient (Wildman–Crippen LogP) is 5.11. The number of nitrogens with zero attached hydrogens (tertiary/aromatic N) is 4. The molecular weight excluding hydrogens is 431 g/mol. The topological polar surface area (TPSA) is 53.5 Å². The summed E-state index contributed by atoms with van der Waals surface area (Å²) in [4.78, 5) is 16.1. The van der Waals surface area contributed by atoms with Gasteiger partial charge in [0.05, 0.1) is 12.6 Å². The summed E-state index contributed by atoms with van der Waals surface area (Å²) in [6, 6.07) is 14.9. The summed E-state index contributed by atoms with van der Waals surface area (Å²) < 4.78 is 41.5. The van der Waals surface area contributed by atoms with Crippen LogP contribution in [0, 0.1) is 0 Å². The Morgan fingerprint density at radius 2 is 1.91 bits per heavy atom. The van der Waals surface area contributed by atoms with Gasteiger partial charge in [0.1, 0.15) is 5.56 Å². The molecule has 2 aliphatic heterocycles. The van der Waals surface area contributed by atoms with Crippen molar-refractivity contribution >= 4 is 17.5 Å². The molecule has 6 nitrogen and oxygen atoms in total. The Balaban J connectivity index is 1.48. The van der Waals surface area contributed by atoms with E-state index in [0.717, 1.165) is 37.0 Å². The van der Waals surface area contributed by atoms with E-state index in [9.17, 15) is 13.2 Å². The van der Waals surface area contributed by atoms with Gasteiger partial charge in [0.25, 0.3) is 0 Å². The number of hydrogen-bond donors (Lipinski definition) is 1. The predicted molar refractivity (Wildman–Crippen MR) is 119 cm³/mol. The average molecular weight is 455 g/mol. The number of nitrogens with one attached hydrogen (secondary N) is 1. The summed E-state index contributed by atoms with van der Waals surface area (Å²) in [6.07, 6.45) is -2.31. The summed E-state index contributed by atoms with van der Waals surface area (Å²) in [5.74, 6) is -0.195. The number of likely N-dealkylation sites (N-methyl/N-ethyl adjacent to an activating group) is 1. The van der Waals surface area contributed by atoms with Crippen molar-refractivity contribution < 1.29 is 18.0 Å². The van der Waals surface area contributed by atoms with Crippen molar-refractivity contribution in [3.8, 4) is 0 Å². The number of fused-ring (bicyclic) bond motifs is 1. The van der Waals surface area contributed by atoms with Crippen LogP contribution in [0.15, 0.2) is 54.7 Å². The van der Waals surface area contributed by atoms with E-state index >= 15 is 0 Å². The second-order valence-electron chi connectivity index (χ2n) is 8.40. The molecule has 1 unspecified atom stereocenters. The van der Waals surface area contributed by atoms with Gasteiger partial charge in [-0.15, -0.1) is 0 Å². The quantitative estimate of drug-likeness (QED) is 0.590. The normalized spacial score (nSPS) is 18.9. The molecule has 172 valence electrons. The molecule has 33 heavy (non-hydrogen) atoms. The van der Waals surface area contributed by atoms with Crippen LogP contribution in [0.25, 0.3) is 0 Å². The number of aromatic nitrogens is 2. The van der Waals surface area contributed by atoms with Crippen molar-refractivity contribution in [2.75, 3.05) is 30.6 Å². The number of hydroxylamine groups is 1. The Labute approximate surface area is 190 Å². The molecule has 1 N–H and O–H groups in total. The van der Waals surface area contributed by atoms with E-state index in [1.807, 2.05) is 48.5 Å². The maximum Gasteiger partial charge on any atom is 0.421 e. The molecule has 0 amide bonds. The number of benzene rings is 2. The van der Waals surface area contributed by atoms with Gasteiger partial charge in [-0.1, -0.05) is 36.4 Å². The van der Waals surface area contributed by atoms with E-state index < -0.39 is 11.7 Å². The number of halogens is 3. The first-order chi connectivity index (χ1) is 15.9. The molecule has 9 heteroatoms. The van der Waals surface area contributed by atoms with Crippen LogP contribution in [0.5, 0.6) is 0 Å². The molecule has 0 saturated carbocycles. The zero-order chi connectivity index (χ0) is 23.0. The third-order valence-electron chi connectivity index (χ3n) is 6.04. The van der Waals surface area contributed by atoms with Gasteiger partial charge in [0, 0.05) is 31.4 Å². The highest BCUT2D eigenvalue weighted by molar-refractivity contribution is 5.59. The summed E-state index contributed by atoms with van der Waals surface area (Å²) >= 11 is 0. The lowest BCUT2D eigenvalue weighted by atomic mass is 9.99. The van der Waals surface area contributed by atoms with Crippen LogP contribution in [0.3, 0.4) is 0 Å². The molecule has 3 heterocycles. The minimum Gasteiger partial charge on any atom is -0.324 e. The first-order valence-corrected chi connectivity index (χ1v) is 10.9. The first-order valence-electron chi connectivity index (χ1n) is 10.9. The maximum atomic E-state index is 13.8. The number of anilines is 3. The van der Waals surface area contributed by atoms with Crippen LogP contribution in [0.1, 0.15) is 34.7 Å². The highest BCUT2D eigenvalue weighted by Crippen LogP contribution is 2.41. The lowest BCUT2D eigenvalue weighted by molar-refractivity contribution is -0.138. The molecule has 1 saturated heterocycles. The average Bonchev–Trinajstić information content (AvgIpc) is 3.29. The fourth-order valence-corrected chi connectivity index (χ4v) is 4.36. The fraction of sp³-hybridized carbons (Fsp3) is 0.333. The van der Waals surface area contributed by atoms with Crippen molar-refractivity contribution in [1.82, 2.24) is 14.9 Å². The van der Waals surface area contributed by atoms with E-state index in [-0.39, 0.29) is 17.8 Å². The van der Waals surface area contributed by atoms with E-state index in [0.29, 0.717) is 13.0 Å². The van der Waals surface area contributed by atoms with Crippen LogP contribution in [-0.2, 0) is 24.0 Å². The molecule has 0 spiro atoms. The van der Waals surface area contributed by atoms with E-state index in [1.165, 1.54) is 16.2 Å². The Morgan fingerprint density at radius 3 is 2.70 bits per heavy atom. The van der Waals surface area contributed by atoms with Gasteiger partial charge in [-0.3, -0.25) is 4.84 Å². The summed E-state index contributed by atoms with van der Waals surface area (Å²) in [7, 11) is 2.08. The van der Waals surface area contributed by atoms with Crippen LogP contribution in [0.4, 0.5) is 30.6 Å². The van der Waals surface area contributed by atoms with Gasteiger partial charge in [-0.2, -0.15) is 18.2 Å². The number of hydrogen-bond acceptors (Lipinski definition) is 6. The van der Waals surface area contributed by atoms with Gasteiger partial charge in [-0.25, -0.2) is 10.0 Å². The largest absolute Gasteiger partial charge is 0.421 e. The van der Waals surface area contributed by atoms with Gasteiger partial charge < -0.3 is 10.2 Å². The second kappa shape index (κ2) is 8.64. The molecule has 0 aliphatic carbocycles. The Morgan fingerprint density at radius 1 is 1.09 bits per heavy atom. The van der Waals surface area contributed by atoms with Crippen molar-refractivity contribution in [3.05, 3.63) is 77.0 Å². The summed E-state index contributed by atoms with van der Waals surface area (Å²) in [6.45, 7) is 2.15. The van der Waals surface area contributed by atoms with Crippen molar-refractivity contribution in [1.29, 1.82) is 0 Å². The highest BCUT2D eigenvalue weighted by Gasteiger charge is 2.40. The molecule has 0 radical (unpaired) electrons. The monoisotopic (exact) mass is 455 g/mol. The summed E-state index contributed by atoms with van der Waals surface area (Å²) in [5, 5.41) is 4.35. The van der Waals surface area contributed by atoms with Crippen LogP contribution < -0.4 is 10.4 Å². The summed E-state index contributed by atoms with van der Waals surface area (Å²) in [5.41, 5.74) is 3.16. The number of alkyl halides is 3. The van der Waals surface area contributed by atoms with Crippen molar-refractivity contribution in [2.24, 2.45) is 0 Å². The molecule has 1 atom stereocenters. The van der Waals surface area contributed by atoms with Crippen LogP contribution >= 0.6 is 0 Å². The molecule has 1 fully saturated rings. The first kappa shape index (κ1) is 21.7. The lowest BCUT2D eigenvalue weighted by Gasteiger charge is -2.27. The second-order valence-corrected chi connectivity index (χ2v) is 8.40. The lowest BCUT2D eigenvalue weighted by Crippen LogP contribution is -2.26. The fourth-order valence-electron chi connectivity index (χ4n) is 4.36. The van der Waals surface area contributed by atoms with Gasteiger partial charge >= 0.3 is 6.18 Å². The standard InChI is InChI=1S/C24H24F3N5O/c1-31-11-9-17-13-19(8-7-18(17)15-31)29-23-28-14-20(24(25,26)27)22(30-23)32-21(10-12-33-32)16-5-3-2-4-6-16/h2-8,13-14,21H,9-12,15H2,1H3,(H,28,29,30). The molecular formula is C24H24F3N5O. The minimum atomic E-state index is -4.61. The zero-order valence-electron chi connectivity index (χ0n) is 18.1. The van der Waals surface area contributed by atoms with E-state index in [4.69, 9.17) is 4.84 Å². The Bertz CT molecular complexity index is 1140. The Kier molecular flexibility index (Phi) is 5.67. The van der Waals surface area contributed by atoms with Crippen LogP contribution in [0.2, 0.25) is 0 Å². The molecule has 3 aromatic rings. The van der Waals surface area contributed by atoms with Crippen molar-refractivity contribution in [2.45, 2.75) is 31.6 Å². The minimum absolute atomic E-state index is 0.0909. The van der Waals surface area contributed by atoms with E-state index in [2.05, 4.69) is 27.2 Å². The molecule has 2 aromatic carbocycles. The molecule has 1 aromatic heterocycles. The van der Waals surface area contributed by atoms with Gasteiger partial charge in [0.15, 0.2) is 5.82 Å². The third kappa shape index (κ3) is 4.51. The third-order valence-corrected chi connectivity index (χ3v) is 6.04. The molecule has 0 bridgehead atoms. The smallest absolute Gasteiger partial charge is 0.324 e. The van der Waals surface area contributed by atoms with Crippen LogP contribution in [-0.4, -0.2) is 35.1 Å². The molecule has 2 aliphatic rings. The zero-order valence-corrected chi connectivity index (χ0v) is 18.1.